The molecule has 15 N–H and O–H groups in total. The molecule has 0 atom stereocenters. The molecular weight excluding hydrogens is 1290 g/mol. The van der Waals surface area contributed by atoms with Crippen molar-refractivity contribution in [1.82, 2.24) is 51.7 Å². The maximum Gasteiger partial charge on any atom is 0.407 e. The van der Waals surface area contributed by atoms with Crippen molar-refractivity contribution in [2.45, 2.75) is 183 Å². The van der Waals surface area contributed by atoms with Gasteiger partial charge in [0.25, 0.3) is 0 Å². The van der Waals surface area contributed by atoms with Crippen molar-refractivity contribution >= 4 is 103 Å². The minimum absolute atomic E-state index is 0. The highest BCUT2D eigenvalue weighted by Gasteiger charge is 2.20. The number of carbonyl (C=O) groups excluding carboxylic acids is 2. The summed E-state index contributed by atoms with van der Waals surface area (Å²) in [5, 5.41) is 5.47. The highest BCUT2D eigenvalue weighted by Crippen LogP contribution is 2.41. The zero-order valence-corrected chi connectivity index (χ0v) is 59.0. The van der Waals surface area contributed by atoms with Gasteiger partial charge < -0.3 is 54.7 Å². The molecule has 0 unspecified atom stereocenters. The number of ether oxygens (including phenoxy) is 2. The van der Waals surface area contributed by atoms with Crippen LogP contribution in [0.15, 0.2) is 163 Å². The highest BCUT2D eigenvalue weighted by atomic mass is 35.5. The lowest BCUT2D eigenvalue weighted by Gasteiger charge is -2.20. The Kier molecular flexibility index (Phi) is 41.6. The molecule has 21 nitrogen and oxygen atoms in total. The Labute approximate surface area is 559 Å². The number of nitrogens with one attached hydrogen (secondary N) is 2. The van der Waals surface area contributed by atoms with Crippen LogP contribution in [0.2, 0.25) is 0 Å². The lowest BCUT2D eigenvalue weighted by atomic mass is 10.2. The minimum Gasteiger partial charge on any atom is -0.444 e. The Balaban J connectivity index is 0.00000116. The SMILES string of the molecule is CC(C)(C)OC(=O)NCc1ncccc1SSc1cccnc1CNC(=O)OC(C)(C)C.CC(C)(C)Sc1cccnc1CCl.CC(C)(C)Sc1cccnc1CN.N.NCc1ncccc1S.NCc1ncccc1SSc1cccnc1CN.O.O=O. The maximum atomic E-state index is 12.0. The molecule has 0 spiro atoms. The number of hydrogen-bond donors (Lipinski definition) is 8. The molecule has 89 heavy (non-hydrogen) atoms. The molecule has 0 saturated carbocycles. The van der Waals surface area contributed by atoms with Crippen LogP contribution in [0.3, 0.4) is 0 Å². The highest BCUT2D eigenvalue weighted by molar-refractivity contribution is 8.77. The number of alkyl halides is 1. The third-order valence-electron chi connectivity index (χ3n) is 9.73. The molecule has 7 rings (SSSR count). The molecule has 7 aromatic heterocycles. The number of thioether (sulfide) groups is 2. The molecule has 0 fully saturated rings. The molecule has 2 amide bonds. The van der Waals surface area contributed by atoms with Gasteiger partial charge in [-0.1, -0.05) is 84.7 Å². The lowest BCUT2D eigenvalue weighted by Crippen LogP contribution is -2.32. The summed E-state index contributed by atoms with van der Waals surface area (Å²) in [5.74, 6) is 0.485. The van der Waals surface area contributed by atoms with Gasteiger partial charge in [-0.25, -0.2) is 9.59 Å². The third kappa shape index (κ3) is 36.4. The average Bonchev–Trinajstić information content (AvgIpc) is 3.67. The topological polar surface area (TPSA) is 372 Å². The Morgan fingerprint density at radius 1 is 0.438 bits per heavy atom. The first-order chi connectivity index (χ1) is 41.2. The fourth-order valence-electron chi connectivity index (χ4n) is 6.22. The maximum absolute atomic E-state index is 12.0. The summed E-state index contributed by atoms with van der Waals surface area (Å²) < 4.78 is 11.0. The predicted octanol–water partition coefficient (Wildman–Crippen LogP) is 13.9. The number of thiol groups is 1. The Hall–Kier alpha value is -5.31. The van der Waals surface area contributed by atoms with Crippen LogP contribution in [0, 0.1) is 9.93 Å². The number of carbonyl (C=O) groups is 2. The third-order valence-corrected chi connectivity index (χ3v) is 17.8. The van der Waals surface area contributed by atoms with E-state index in [9.17, 15) is 9.59 Å². The molecule has 7 aromatic rings. The average molecular weight is 1380 g/mol. The van der Waals surface area contributed by atoms with E-state index in [-0.39, 0.29) is 34.2 Å². The van der Waals surface area contributed by atoms with E-state index >= 15 is 0 Å². The summed E-state index contributed by atoms with van der Waals surface area (Å²) in [6, 6.07) is 27.2. The van der Waals surface area contributed by atoms with E-state index < -0.39 is 23.4 Å². The van der Waals surface area contributed by atoms with Crippen LogP contribution in [0.1, 0.15) is 123 Å². The van der Waals surface area contributed by atoms with Crippen molar-refractivity contribution < 1.29 is 24.5 Å². The number of aromatic nitrogens is 7. The number of halogens is 1. The first-order valence-corrected chi connectivity index (χ1v) is 33.9. The molecule has 29 heteroatoms. The molecule has 0 radical (unpaired) electrons. The van der Waals surface area contributed by atoms with Crippen LogP contribution in [0.5, 0.6) is 0 Å². The molecule has 0 saturated heterocycles. The van der Waals surface area contributed by atoms with Gasteiger partial charge in [-0.15, -0.1) is 47.8 Å². The summed E-state index contributed by atoms with van der Waals surface area (Å²) in [7, 11) is 6.27. The Morgan fingerprint density at radius 3 is 0.955 bits per heavy atom. The van der Waals surface area contributed by atoms with Gasteiger partial charge >= 0.3 is 12.2 Å². The van der Waals surface area contributed by atoms with Gasteiger partial charge in [0.2, 0.25) is 0 Å². The standard InChI is InChI=1S/C22H30N4O4S2.C12H14N4S2.C10H14ClNS.C10H16N2S.C6H8N2S.H3N.O2.H2O/c1-21(2,3)29-19(27)25-13-15-17(9-7-11-23-15)31-32-18-10-8-12-24-16(18)14-26-20(28)30-22(4,5)6;13-7-9-11(3-1-5-15-9)17-18-12-4-2-6-16-10(12)8-14;2*1-10(2,3)13-9-5-4-6-12-8(9)7-11;7-4-5-6(9)2-1-3-8-5;;1-2;/h7-12H,13-14H2,1-6H3,(H,25,27)(H,26,28);1-6H,7-8,13-14H2;4-6H,7H2,1-3H3;4-6H,7,11H2,1-3H3;1-3,9H,4,7H2;1H3;;1H2. The second kappa shape index (κ2) is 44.2. The fourth-order valence-corrected chi connectivity index (χ4v) is 13.6. The van der Waals surface area contributed by atoms with E-state index in [1.807, 2.05) is 126 Å². The lowest BCUT2D eigenvalue weighted by molar-refractivity contribution is 0.0511. The zero-order valence-electron chi connectivity index (χ0n) is 52.4. The second-order valence-corrected chi connectivity index (χ2v) is 30.5. The first kappa shape index (κ1) is 83.7. The number of hydrogen-bond acceptors (Lipinski definition) is 25. The van der Waals surface area contributed by atoms with Gasteiger partial charge in [0.1, 0.15) is 11.2 Å². The molecule has 0 aliphatic carbocycles. The van der Waals surface area contributed by atoms with Crippen molar-refractivity contribution in [1.29, 1.82) is 0 Å². The van der Waals surface area contributed by atoms with Gasteiger partial charge in [0.05, 0.1) is 58.8 Å². The molecule has 0 aliphatic rings. The van der Waals surface area contributed by atoms with E-state index in [2.05, 4.69) is 112 Å². The number of alkyl carbamates (subject to hydrolysis) is 2. The van der Waals surface area contributed by atoms with Crippen molar-refractivity contribution in [2.75, 3.05) is 0 Å². The fraction of sp³-hybridized carbons (Fsp3) is 0.383. The summed E-state index contributed by atoms with van der Waals surface area (Å²) in [5.41, 5.74) is 27.2. The summed E-state index contributed by atoms with van der Waals surface area (Å²) in [6.07, 6.45) is 11.2. The molecular formula is C60H87ClN14O7S7. The Morgan fingerprint density at radius 2 is 0.685 bits per heavy atom. The number of nitrogens with two attached hydrogens (primary N) is 4. The molecule has 0 aromatic carbocycles. The van der Waals surface area contributed by atoms with E-state index in [0.29, 0.717) is 32.1 Å². The smallest absolute Gasteiger partial charge is 0.407 e. The van der Waals surface area contributed by atoms with Crippen molar-refractivity contribution in [3.63, 3.8) is 0 Å². The van der Waals surface area contributed by atoms with E-state index in [0.717, 1.165) is 64.3 Å². The van der Waals surface area contributed by atoms with Gasteiger partial charge in [0, 0.05) is 123 Å². The number of pyridine rings is 7. The van der Waals surface area contributed by atoms with Gasteiger partial charge in [0.15, 0.2) is 0 Å². The van der Waals surface area contributed by atoms with Gasteiger partial charge in [-0.3, -0.25) is 34.9 Å². The number of nitrogens with zero attached hydrogens (tertiary/aromatic N) is 7. The zero-order chi connectivity index (χ0) is 65.1. The van der Waals surface area contributed by atoms with E-state index in [1.165, 1.54) is 31.4 Å². The van der Waals surface area contributed by atoms with Crippen LogP contribution in [0.25, 0.3) is 0 Å². The summed E-state index contributed by atoms with van der Waals surface area (Å²) >= 11 is 13.5. The number of amides is 2. The monoisotopic (exact) mass is 1370 g/mol. The van der Waals surface area contributed by atoms with Crippen LogP contribution in [-0.2, 0) is 54.6 Å². The normalized spacial score (nSPS) is 10.7. The predicted molar refractivity (Wildman–Crippen MR) is 374 cm³/mol. The Bertz CT molecular complexity index is 2960. The number of rotatable bonds is 17. The quantitative estimate of drug-likeness (QED) is 0.0182. The van der Waals surface area contributed by atoms with Crippen molar-refractivity contribution in [3.05, 3.63) is 178 Å². The van der Waals surface area contributed by atoms with Crippen LogP contribution >= 0.6 is 90.9 Å². The molecule has 0 bridgehead atoms. The molecule has 7 heterocycles. The van der Waals surface area contributed by atoms with Crippen molar-refractivity contribution in [2.24, 2.45) is 22.9 Å². The first-order valence-electron chi connectivity index (χ1n) is 27.0. The van der Waals surface area contributed by atoms with Crippen LogP contribution in [-0.4, -0.2) is 73.2 Å². The molecule has 488 valence electrons. The second-order valence-electron chi connectivity index (χ2n) is 21.6. The van der Waals surface area contributed by atoms with Crippen LogP contribution in [0.4, 0.5) is 9.59 Å². The van der Waals surface area contributed by atoms with E-state index in [4.69, 9.17) is 53.9 Å². The summed E-state index contributed by atoms with van der Waals surface area (Å²) in [4.78, 5) is 74.8. The van der Waals surface area contributed by atoms with Crippen molar-refractivity contribution in [3.8, 4) is 0 Å². The van der Waals surface area contributed by atoms with Crippen LogP contribution < -0.4 is 39.7 Å². The molecule has 0 aliphatic heterocycles. The largest absolute Gasteiger partial charge is 0.444 e. The van der Waals surface area contributed by atoms with Gasteiger partial charge in [-0.05, 0) is 126 Å². The van der Waals surface area contributed by atoms with E-state index in [1.54, 1.807) is 76.7 Å². The van der Waals surface area contributed by atoms with Gasteiger partial charge in [-0.2, -0.15) is 0 Å². The summed E-state index contributed by atoms with van der Waals surface area (Å²) in [6.45, 7) is 26.3. The minimum atomic E-state index is -0.564.